The maximum absolute atomic E-state index is 6.48. The molecule has 1 aromatic rings. The molecule has 1 heterocycles. The number of rotatable bonds is 8. The number of benzene rings is 1. The average molecular weight is 389 g/mol. The molecule has 1 aliphatic heterocycles. The van der Waals surface area contributed by atoms with E-state index in [1.54, 1.807) is 7.11 Å². The van der Waals surface area contributed by atoms with Crippen molar-refractivity contribution in [3.8, 4) is 5.75 Å². The molecule has 0 bridgehead atoms. The van der Waals surface area contributed by atoms with Crippen LogP contribution in [-0.2, 0) is 4.74 Å². The highest BCUT2D eigenvalue weighted by Crippen LogP contribution is 2.46. The number of nitrogens with one attached hydrogen (secondary N) is 2. The summed E-state index contributed by atoms with van der Waals surface area (Å²) in [7, 11) is 3.84. The summed E-state index contributed by atoms with van der Waals surface area (Å²) in [5.74, 6) is 1.92. The molecule has 6 heteroatoms. The highest BCUT2D eigenvalue weighted by atomic mass is 16.5. The van der Waals surface area contributed by atoms with E-state index >= 15 is 0 Å². The normalized spacial score (nSPS) is 20.9. The molecule has 1 spiro atoms. The Morgan fingerprint density at radius 3 is 2.82 bits per heavy atom. The van der Waals surface area contributed by atoms with E-state index in [2.05, 4.69) is 53.8 Å². The van der Waals surface area contributed by atoms with E-state index in [0.717, 1.165) is 63.8 Å². The Morgan fingerprint density at radius 2 is 2.07 bits per heavy atom. The van der Waals surface area contributed by atoms with Crippen molar-refractivity contribution in [3.63, 3.8) is 0 Å². The quantitative estimate of drug-likeness (QED) is 0.530. The van der Waals surface area contributed by atoms with Crippen molar-refractivity contribution in [2.24, 2.45) is 4.99 Å². The monoisotopic (exact) mass is 388 g/mol. The summed E-state index contributed by atoms with van der Waals surface area (Å²) in [4.78, 5) is 7.06. The minimum absolute atomic E-state index is 0.0102. The van der Waals surface area contributed by atoms with Gasteiger partial charge in [0.2, 0.25) is 0 Å². The number of methoxy groups -OCH3 is 1. The number of nitrogens with zero attached hydrogens (tertiary/aromatic N) is 2. The number of hydrogen-bond donors (Lipinski definition) is 2. The molecular weight excluding hydrogens is 352 g/mol. The number of guanidine groups is 1. The van der Waals surface area contributed by atoms with Crippen LogP contribution in [0.3, 0.4) is 0 Å². The highest BCUT2D eigenvalue weighted by Gasteiger charge is 2.43. The topological polar surface area (TPSA) is 58.1 Å². The first-order chi connectivity index (χ1) is 13.7. The van der Waals surface area contributed by atoms with E-state index in [0.29, 0.717) is 0 Å². The summed E-state index contributed by atoms with van der Waals surface area (Å²) >= 11 is 0. The van der Waals surface area contributed by atoms with Gasteiger partial charge in [-0.2, -0.15) is 0 Å². The van der Waals surface area contributed by atoms with Crippen LogP contribution < -0.4 is 15.4 Å². The van der Waals surface area contributed by atoms with Crippen LogP contribution in [0.4, 0.5) is 0 Å². The van der Waals surface area contributed by atoms with E-state index in [9.17, 15) is 0 Å². The summed E-state index contributed by atoms with van der Waals surface area (Å²) in [5, 5.41) is 7.11. The fraction of sp³-hybridized carbons (Fsp3) is 0.682. The van der Waals surface area contributed by atoms with Crippen LogP contribution >= 0.6 is 0 Å². The molecular formula is C22H36N4O2. The van der Waals surface area contributed by atoms with E-state index in [-0.39, 0.29) is 11.6 Å². The Labute approximate surface area is 169 Å². The lowest BCUT2D eigenvalue weighted by Gasteiger charge is -2.40. The second kappa shape index (κ2) is 10.1. The third-order valence-electron chi connectivity index (χ3n) is 5.80. The van der Waals surface area contributed by atoms with Gasteiger partial charge in [-0.25, -0.2) is 0 Å². The Bertz CT molecular complexity index is 643. The SMILES string of the molecule is CCNC(=NCCN(C)CCOC)NC1CC2(CCCC2)Oc2ccccc21. The predicted octanol–water partition coefficient (Wildman–Crippen LogP) is 2.96. The maximum atomic E-state index is 6.48. The average Bonchev–Trinajstić information content (AvgIpc) is 3.13. The predicted molar refractivity (Wildman–Crippen MR) is 114 cm³/mol. The number of ether oxygens (including phenoxy) is 2. The van der Waals surface area contributed by atoms with Gasteiger partial charge in [-0.1, -0.05) is 18.2 Å². The summed E-state index contributed by atoms with van der Waals surface area (Å²) in [6, 6.07) is 8.68. The molecule has 1 aromatic carbocycles. The Kier molecular flexibility index (Phi) is 7.57. The standard InChI is InChI=1S/C22H36N4O2/c1-4-23-21(24-13-14-26(2)15-16-27-3)25-19-17-22(11-7-8-12-22)28-20-10-6-5-9-18(19)20/h5-6,9-10,19H,4,7-8,11-17H2,1-3H3,(H2,23,24,25). The summed E-state index contributed by atoms with van der Waals surface area (Å²) in [5.41, 5.74) is 1.23. The van der Waals surface area contributed by atoms with Crippen LogP contribution in [0.1, 0.15) is 50.6 Å². The van der Waals surface area contributed by atoms with E-state index in [4.69, 9.17) is 14.5 Å². The van der Waals surface area contributed by atoms with Crippen molar-refractivity contribution >= 4 is 5.96 Å². The van der Waals surface area contributed by atoms with Gasteiger partial charge >= 0.3 is 0 Å². The van der Waals surface area contributed by atoms with Crippen LogP contribution in [0.2, 0.25) is 0 Å². The second-order valence-corrected chi connectivity index (χ2v) is 7.99. The van der Waals surface area contributed by atoms with E-state index < -0.39 is 0 Å². The molecule has 0 amide bonds. The fourth-order valence-electron chi connectivity index (χ4n) is 4.25. The molecule has 3 rings (SSSR count). The second-order valence-electron chi connectivity index (χ2n) is 7.99. The number of aliphatic imine (C=N–C) groups is 1. The van der Waals surface area contributed by atoms with Gasteiger partial charge in [0.15, 0.2) is 5.96 Å². The molecule has 0 aromatic heterocycles. The third kappa shape index (κ3) is 5.39. The first-order valence-electron chi connectivity index (χ1n) is 10.7. The fourth-order valence-corrected chi connectivity index (χ4v) is 4.25. The smallest absolute Gasteiger partial charge is 0.191 e. The molecule has 156 valence electrons. The molecule has 1 saturated carbocycles. The van der Waals surface area contributed by atoms with Gasteiger partial charge in [0.05, 0.1) is 19.2 Å². The van der Waals surface area contributed by atoms with Gasteiger partial charge in [0.25, 0.3) is 0 Å². The molecule has 28 heavy (non-hydrogen) atoms. The Hall–Kier alpha value is -1.79. The van der Waals surface area contributed by atoms with Crippen molar-refractivity contribution in [1.82, 2.24) is 15.5 Å². The van der Waals surface area contributed by atoms with Gasteiger partial charge in [0.1, 0.15) is 11.4 Å². The van der Waals surface area contributed by atoms with Crippen LogP contribution in [0, 0.1) is 0 Å². The van der Waals surface area contributed by atoms with E-state index in [1.165, 1.54) is 18.4 Å². The summed E-state index contributed by atoms with van der Waals surface area (Å²) in [6.45, 7) is 6.30. The lowest BCUT2D eigenvalue weighted by molar-refractivity contribution is 0.0396. The third-order valence-corrected chi connectivity index (χ3v) is 5.80. The first kappa shape index (κ1) is 20.9. The van der Waals surface area contributed by atoms with Crippen LogP contribution in [0.5, 0.6) is 5.75 Å². The largest absolute Gasteiger partial charge is 0.487 e. The number of para-hydroxylation sites is 1. The summed E-state index contributed by atoms with van der Waals surface area (Å²) in [6.07, 6.45) is 5.82. The van der Waals surface area contributed by atoms with Gasteiger partial charge in [-0.15, -0.1) is 0 Å². The molecule has 0 saturated heterocycles. The zero-order valence-electron chi connectivity index (χ0n) is 17.7. The highest BCUT2D eigenvalue weighted by molar-refractivity contribution is 5.80. The molecule has 6 nitrogen and oxygen atoms in total. The lowest BCUT2D eigenvalue weighted by atomic mass is 9.86. The van der Waals surface area contributed by atoms with Gasteiger partial charge in [-0.05, 0) is 45.7 Å². The number of likely N-dealkylation sites (N-methyl/N-ethyl adjacent to an activating group) is 1. The van der Waals surface area contributed by atoms with Crippen LogP contribution in [0.15, 0.2) is 29.3 Å². The minimum Gasteiger partial charge on any atom is -0.487 e. The Morgan fingerprint density at radius 1 is 1.29 bits per heavy atom. The zero-order valence-corrected chi connectivity index (χ0v) is 17.7. The number of fused-ring (bicyclic) bond motifs is 1. The van der Waals surface area contributed by atoms with E-state index in [1.807, 2.05) is 0 Å². The van der Waals surface area contributed by atoms with Crippen molar-refractivity contribution in [1.29, 1.82) is 0 Å². The van der Waals surface area contributed by atoms with Gasteiger partial charge in [0, 0.05) is 38.7 Å². The molecule has 1 aliphatic carbocycles. The first-order valence-corrected chi connectivity index (χ1v) is 10.7. The van der Waals surface area contributed by atoms with Crippen LogP contribution in [-0.4, -0.2) is 63.4 Å². The minimum atomic E-state index is -0.0102. The zero-order chi connectivity index (χ0) is 19.8. The van der Waals surface area contributed by atoms with Gasteiger partial charge < -0.3 is 25.0 Å². The molecule has 0 radical (unpaired) electrons. The van der Waals surface area contributed by atoms with Crippen molar-refractivity contribution in [2.75, 3.05) is 46.9 Å². The molecule has 1 unspecified atom stereocenters. The Balaban J connectivity index is 1.68. The lowest BCUT2D eigenvalue weighted by Crippen LogP contribution is -2.46. The van der Waals surface area contributed by atoms with Crippen molar-refractivity contribution in [2.45, 2.75) is 50.7 Å². The summed E-state index contributed by atoms with van der Waals surface area (Å²) < 4.78 is 11.6. The molecule has 1 atom stereocenters. The van der Waals surface area contributed by atoms with Crippen LogP contribution in [0.25, 0.3) is 0 Å². The molecule has 1 fully saturated rings. The van der Waals surface area contributed by atoms with Crippen molar-refractivity contribution in [3.05, 3.63) is 29.8 Å². The van der Waals surface area contributed by atoms with Crippen molar-refractivity contribution < 1.29 is 9.47 Å². The van der Waals surface area contributed by atoms with Gasteiger partial charge in [-0.3, -0.25) is 4.99 Å². The number of hydrogen-bond acceptors (Lipinski definition) is 4. The molecule has 2 N–H and O–H groups in total. The maximum Gasteiger partial charge on any atom is 0.191 e. The molecule has 2 aliphatic rings.